The molecule has 11 heteroatoms. The van der Waals surface area contributed by atoms with Crippen LogP contribution in [0.25, 0.3) is 0 Å². The number of hydrogen-bond acceptors (Lipinski definition) is 7. The van der Waals surface area contributed by atoms with Crippen molar-refractivity contribution in [2.75, 3.05) is 6.61 Å². The summed E-state index contributed by atoms with van der Waals surface area (Å²) in [5.74, 6) is 5.03. The molecule has 1 saturated heterocycles. The summed E-state index contributed by atoms with van der Waals surface area (Å²) in [6.45, 7) is 17.2. The number of hydrogen-bond donors (Lipinski definition) is 0. The molecule has 2 heterocycles. The molecule has 4 atom stereocenters. The van der Waals surface area contributed by atoms with Crippen LogP contribution < -0.4 is 4.74 Å². The highest BCUT2D eigenvalue weighted by atomic mass is 28.4. The molecule has 1 amide bonds. The van der Waals surface area contributed by atoms with Crippen LogP contribution >= 0.6 is 0 Å². The van der Waals surface area contributed by atoms with E-state index in [-0.39, 0.29) is 53.6 Å². The van der Waals surface area contributed by atoms with E-state index >= 15 is 0 Å². The highest BCUT2D eigenvalue weighted by Gasteiger charge is 2.61. The van der Waals surface area contributed by atoms with Crippen LogP contribution in [0.4, 0.5) is 5.69 Å². The number of rotatable bonds is 14. The van der Waals surface area contributed by atoms with Crippen LogP contribution in [0.3, 0.4) is 0 Å². The number of benzene rings is 1. The van der Waals surface area contributed by atoms with Gasteiger partial charge >= 0.3 is 5.97 Å². The van der Waals surface area contributed by atoms with Gasteiger partial charge in [0.25, 0.3) is 5.69 Å². The van der Waals surface area contributed by atoms with Gasteiger partial charge in [-0.1, -0.05) is 60.3 Å². The summed E-state index contributed by atoms with van der Waals surface area (Å²) in [4.78, 5) is 39.3. The molecule has 2 aliphatic heterocycles. The fourth-order valence-corrected chi connectivity index (χ4v) is 11.8. The van der Waals surface area contributed by atoms with Gasteiger partial charge in [0.2, 0.25) is 5.91 Å². The lowest BCUT2D eigenvalue weighted by molar-refractivity contribution is -0.384. The van der Waals surface area contributed by atoms with Gasteiger partial charge in [-0.05, 0) is 55.3 Å². The zero-order chi connectivity index (χ0) is 31.2. The highest BCUT2D eigenvalue weighted by Crippen LogP contribution is 2.48. The average molecular weight is 615 g/mol. The van der Waals surface area contributed by atoms with E-state index in [9.17, 15) is 19.7 Å². The summed E-state index contributed by atoms with van der Waals surface area (Å²) < 4.78 is 18.6. The quantitative estimate of drug-likeness (QED) is 0.0438. The lowest BCUT2D eigenvalue weighted by Crippen LogP contribution is -2.65. The normalized spacial score (nSPS) is 20.9. The van der Waals surface area contributed by atoms with Gasteiger partial charge in [0.1, 0.15) is 11.4 Å². The molecule has 0 aromatic heterocycles. The van der Waals surface area contributed by atoms with Crippen molar-refractivity contribution in [3.05, 3.63) is 45.6 Å². The lowest BCUT2D eigenvalue weighted by Gasteiger charge is -2.49. The third-order valence-corrected chi connectivity index (χ3v) is 18.9. The number of esters is 1. The van der Waals surface area contributed by atoms with Crippen LogP contribution in [0, 0.1) is 33.8 Å². The molecule has 0 N–H and O–H groups in total. The number of nitrogens with zero attached hydrogens (tertiary/aromatic N) is 2. The van der Waals surface area contributed by atoms with Gasteiger partial charge in [-0.15, -0.1) is 0 Å². The van der Waals surface area contributed by atoms with Crippen LogP contribution in [0.2, 0.25) is 36.3 Å². The van der Waals surface area contributed by atoms with Crippen LogP contribution in [-0.2, 0) is 18.4 Å². The molecular formula is C31H46N2O7Si2. The Hall–Kier alpha value is -2.79. The number of carbonyl (C=O) groups excluding carboxylic acids is 2. The van der Waals surface area contributed by atoms with Gasteiger partial charge in [0.15, 0.2) is 16.6 Å². The third kappa shape index (κ3) is 6.57. The zero-order valence-electron chi connectivity index (χ0n) is 26.3. The minimum Gasteiger partial charge on any atom is -0.422 e. The monoisotopic (exact) mass is 614 g/mol. The molecule has 0 aliphatic carbocycles. The van der Waals surface area contributed by atoms with Crippen LogP contribution in [0.15, 0.2) is 35.5 Å². The SMILES string of the molecule is CC[Si](CC)(CC)OCC#CC1=C(C(=O)Oc2ccc([N+](=O)[O-])cc2)N2C(=O)[C@H]([C@@H](C)O[Si](CC)(CC)CC)[C@H]2[C@H]1C. The van der Waals surface area contributed by atoms with E-state index in [0.717, 1.165) is 36.3 Å². The predicted octanol–water partition coefficient (Wildman–Crippen LogP) is 6.67. The fraction of sp³-hybridized carbons (Fsp3) is 0.613. The van der Waals surface area contributed by atoms with Crippen molar-refractivity contribution in [3.63, 3.8) is 0 Å². The second-order valence-corrected chi connectivity index (χ2v) is 20.8. The van der Waals surface area contributed by atoms with Crippen molar-refractivity contribution in [1.82, 2.24) is 4.90 Å². The predicted molar refractivity (Wildman–Crippen MR) is 168 cm³/mol. The summed E-state index contributed by atoms with van der Waals surface area (Å²) in [5, 5.41) is 11.0. The number of nitro benzene ring substituents is 1. The Balaban J connectivity index is 1.93. The second-order valence-electron chi connectivity index (χ2n) is 11.3. The Morgan fingerprint density at radius 3 is 2.05 bits per heavy atom. The molecular weight excluding hydrogens is 569 g/mol. The van der Waals surface area contributed by atoms with Crippen LogP contribution in [-0.4, -0.2) is 57.1 Å². The van der Waals surface area contributed by atoms with Crippen molar-refractivity contribution in [1.29, 1.82) is 0 Å². The average Bonchev–Trinajstić information content (AvgIpc) is 3.24. The molecule has 2 aliphatic rings. The molecule has 0 saturated carbocycles. The van der Waals surface area contributed by atoms with Gasteiger partial charge in [0, 0.05) is 23.6 Å². The summed E-state index contributed by atoms with van der Waals surface area (Å²) in [7, 11) is -3.80. The van der Waals surface area contributed by atoms with Gasteiger partial charge in [-0.2, -0.15) is 0 Å². The first-order chi connectivity index (χ1) is 20.0. The molecule has 0 spiro atoms. The molecule has 0 radical (unpaired) electrons. The summed E-state index contributed by atoms with van der Waals surface area (Å²) in [6, 6.07) is 11.0. The molecule has 42 heavy (non-hydrogen) atoms. The summed E-state index contributed by atoms with van der Waals surface area (Å²) >= 11 is 0. The van der Waals surface area contributed by atoms with E-state index < -0.39 is 27.5 Å². The molecule has 0 bridgehead atoms. The minimum atomic E-state index is -1.96. The molecule has 9 nitrogen and oxygen atoms in total. The molecule has 230 valence electrons. The number of nitro groups is 1. The molecule has 3 rings (SSSR count). The first-order valence-electron chi connectivity index (χ1n) is 15.3. The fourth-order valence-electron chi connectivity index (χ4n) is 6.34. The molecule has 1 aromatic rings. The van der Waals surface area contributed by atoms with Gasteiger partial charge in [-0.25, -0.2) is 4.79 Å². The Kier molecular flexibility index (Phi) is 11.3. The largest absolute Gasteiger partial charge is 0.422 e. The molecule has 1 fully saturated rings. The maximum Gasteiger partial charge on any atom is 0.361 e. The van der Waals surface area contributed by atoms with E-state index in [1.54, 1.807) is 0 Å². The van der Waals surface area contributed by atoms with E-state index in [0.29, 0.717) is 5.57 Å². The van der Waals surface area contributed by atoms with Gasteiger partial charge in [0.05, 0.1) is 29.6 Å². The number of fused-ring (bicyclic) bond motifs is 1. The van der Waals surface area contributed by atoms with E-state index in [1.165, 1.54) is 29.2 Å². The molecule has 1 aromatic carbocycles. The number of carbonyl (C=O) groups is 2. The van der Waals surface area contributed by atoms with Crippen LogP contribution in [0.5, 0.6) is 5.75 Å². The van der Waals surface area contributed by atoms with E-state index in [1.807, 2.05) is 13.8 Å². The second kappa shape index (κ2) is 14.1. The number of amides is 1. The Morgan fingerprint density at radius 2 is 1.55 bits per heavy atom. The number of β-lactam (4-membered cyclic amide) rings is 1. The van der Waals surface area contributed by atoms with Crippen LogP contribution in [0.1, 0.15) is 55.4 Å². The first kappa shape index (κ1) is 33.7. The van der Waals surface area contributed by atoms with E-state index in [2.05, 4.69) is 53.4 Å². The van der Waals surface area contributed by atoms with Crippen molar-refractivity contribution >= 4 is 34.2 Å². The first-order valence-corrected chi connectivity index (χ1v) is 20.4. The number of ether oxygens (including phenoxy) is 1. The summed E-state index contributed by atoms with van der Waals surface area (Å²) in [5.41, 5.74) is 0.587. The lowest BCUT2D eigenvalue weighted by atomic mass is 9.78. The Labute approximate surface area is 252 Å². The van der Waals surface area contributed by atoms with Crippen molar-refractivity contribution in [2.24, 2.45) is 11.8 Å². The van der Waals surface area contributed by atoms with Crippen molar-refractivity contribution in [2.45, 2.75) is 104 Å². The third-order valence-electron chi connectivity index (χ3n) is 9.58. The summed E-state index contributed by atoms with van der Waals surface area (Å²) in [6.07, 6.45) is -0.277. The van der Waals surface area contributed by atoms with Gasteiger partial charge < -0.3 is 18.5 Å². The standard InChI is InChI=1S/C31H46N2O7Si2/c1-9-41(10-2,11-3)38-21-15-16-26-22(7)28-27(23(8)40-42(12-4,13-5)14-6)30(34)32(28)29(26)31(35)39-25-19-17-24(18-20-25)33(36)37/h17-20,22-23,27-28H,9-14,21H2,1-8H3/t22-,23+,27+,28+/m0/s1. The maximum atomic E-state index is 13.7. The Bertz CT molecular complexity index is 1230. The topological polar surface area (TPSA) is 108 Å². The minimum absolute atomic E-state index is 0.110. The van der Waals surface area contributed by atoms with Crippen molar-refractivity contribution < 1.29 is 28.1 Å². The maximum absolute atomic E-state index is 13.7. The highest BCUT2D eigenvalue weighted by molar-refractivity contribution is 6.74. The number of non-ortho nitro benzene ring substituents is 1. The van der Waals surface area contributed by atoms with Crippen molar-refractivity contribution in [3.8, 4) is 17.6 Å². The zero-order valence-corrected chi connectivity index (χ0v) is 28.3. The van der Waals surface area contributed by atoms with Gasteiger partial charge in [-0.3, -0.25) is 14.9 Å². The van der Waals surface area contributed by atoms with E-state index in [4.69, 9.17) is 13.6 Å². The molecule has 0 unspecified atom stereocenters. The Morgan fingerprint density at radius 1 is 1.00 bits per heavy atom. The smallest absolute Gasteiger partial charge is 0.361 e.